The van der Waals surface area contributed by atoms with Crippen molar-refractivity contribution in [3.63, 3.8) is 0 Å². The Morgan fingerprint density at radius 2 is 1.77 bits per heavy atom. The summed E-state index contributed by atoms with van der Waals surface area (Å²) >= 11 is 0. The predicted octanol–water partition coefficient (Wildman–Crippen LogP) is 5.10. The van der Waals surface area contributed by atoms with Crippen molar-refractivity contribution in [2.24, 2.45) is 28.6 Å². The van der Waals surface area contributed by atoms with Gasteiger partial charge in [0, 0.05) is 5.57 Å². The lowest BCUT2D eigenvalue weighted by molar-refractivity contribution is -0.147. The summed E-state index contributed by atoms with van der Waals surface area (Å²) in [4.78, 5) is 0. The van der Waals surface area contributed by atoms with Crippen LogP contribution in [-0.4, -0.2) is 29.3 Å². The highest BCUT2D eigenvalue weighted by Gasteiger charge is 2.63. The van der Waals surface area contributed by atoms with E-state index >= 15 is 0 Å². The van der Waals surface area contributed by atoms with Gasteiger partial charge in [-0.15, -0.1) is 0 Å². The molecule has 5 aliphatic carbocycles. The molecular formula is C22H32F2O2. The van der Waals surface area contributed by atoms with Gasteiger partial charge >= 0.3 is 0 Å². The molecule has 7 atom stereocenters. The maximum atomic E-state index is 14.8. The van der Waals surface area contributed by atoms with Crippen molar-refractivity contribution in [2.45, 2.75) is 95.9 Å². The SMILES string of the molecule is C[C@]12CC[C@H]3[C@@H](CC=C4C(F)(F)[C@@H](O)CC[C@@]43C)[C@@H]1CC[C@@H]2OC1CC1. The van der Waals surface area contributed by atoms with E-state index in [9.17, 15) is 13.9 Å². The van der Waals surface area contributed by atoms with Crippen LogP contribution in [0, 0.1) is 28.6 Å². The number of aliphatic hydroxyl groups is 1. The summed E-state index contributed by atoms with van der Waals surface area (Å²) < 4.78 is 35.9. The van der Waals surface area contributed by atoms with Crippen molar-refractivity contribution in [3.05, 3.63) is 11.6 Å². The number of halogens is 2. The molecule has 0 aliphatic heterocycles. The number of allylic oxidation sites excluding steroid dienone is 1. The van der Waals surface area contributed by atoms with Crippen LogP contribution in [0.15, 0.2) is 11.6 Å². The third-order valence-electron chi connectivity index (χ3n) is 8.97. The molecule has 0 saturated heterocycles. The molecular weight excluding hydrogens is 334 g/mol. The van der Waals surface area contributed by atoms with Crippen LogP contribution in [0.2, 0.25) is 0 Å². The Morgan fingerprint density at radius 1 is 1.00 bits per heavy atom. The van der Waals surface area contributed by atoms with Gasteiger partial charge in [0.2, 0.25) is 0 Å². The van der Waals surface area contributed by atoms with Crippen LogP contribution >= 0.6 is 0 Å². The van der Waals surface area contributed by atoms with Gasteiger partial charge in [0.15, 0.2) is 0 Å². The molecule has 5 aliphatic rings. The molecule has 4 fully saturated rings. The summed E-state index contributed by atoms with van der Waals surface area (Å²) in [7, 11) is 0. The van der Waals surface area contributed by atoms with Crippen molar-refractivity contribution in [1.82, 2.24) is 0 Å². The molecule has 0 spiro atoms. The molecule has 0 aromatic heterocycles. The van der Waals surface area contributed by atoms with E-state index in [0.29, 0.717) is 36.4 Å². The van der Waals surface area contributed by atoms with Gasteiger partial charge in [0.25, 0.3) is 5.92 Å². The maximum Gasteiger partial charge on any atom is 0.295 e. The highest BCUT2D eigenvalue weighted by molar-refractivity contribution is 5.32. The molecule has 4 saturated carbocycles. The first-order chi connectivity index (χ1) is 12.3. The second kappa shape index (κ2) is 5.53. The summed E-state index contributed by atoms with van der Waals surface area (Å²) in [6.07, 6.45) is 9.74. The fourth-order valence-corrected chi connectivity index (χ4v) is 7.34. The van der Waals surface area contributed by atoms with Crippen LogP contribution in [-0.2, 0) is 4.74 Å². The van der Waals surface area contributed by atoms with Gasteiger partial charge in [-0.25, -0.2) is 0 Å². The third kappa shape index (κ3) is 2.27. The maximum absolute atomic E-state index is 14.8. The predicted molar refractivity (Wildman–Crippen MR) is 95.9 cm³/mol. The van der Waals surface area contributed by atoms with Crippen molar-refractivity contribution < 1.29 is 18.6 Å². The van der Waals surface area contributed by atoms with E-state index in [-0.39, 0.29) is 17.4 Å². The summed E-state index contributed by atoms with van der Waals surface area (Å²) in [5.74, 6) is -1.62. The second-order valence-corrected chi connectivity index (χ2v) is 10.3. The van der Waals surface area contributed by atoms with E-state index in [4.69, 9.17) is 4.74 Å². The van der Waals surface area contributed by atoms with Crippen LogP contribution in [0.3, 0.4) is 0 Å². The van der Waals surface area contributed by atoms with Gasteiger partial charge < -0.3 is 9.84 Å². The first-order valence-electron chi connectivity index (χ1n) is 10.7. The zero-order valence-electron chi connectivity index (χ0n) is 16.0. The average Bonchev–Trinajstić information content (AvgIpc) is 3.34. The monoisotopic (exact) mass is 366 g/mol. The Morgan fingerprint density at radius 3 is 2.50 bits per heavy atom. The Kier molecular flexibility index (Phi) is 3.75. The highest BCUT2D eigenvalue weighted by atomic mass is 19.3. The smallest absolute Gasteiger partial charge is 0.295 e. The number of alkyl halides is 2. The van der Waals surface area contributed by atoms with Gasteiger partial charge in [-0.1, -0.05) is 19.9 Å². The normalized spacial score (nSPS) is 52.7. The fourth-order valence-electron chi connectivity index (χ4n) is 7.34. The van der Waals surface area contributed by atoms with Crippen LogP contribution in [0.1, 0.15) is 71.6 Å². The van der Waals surface area contributed by atoms with Gasteiger partial charge in [-0.2, -0.15) is 8.78 Å². The molecule has 2 nitrogen and oxygen atoms in total. The average molecular weight is 366 g/mol. The molecule has 5 rings (SSSR count). The first-order valence-corrected chi connectivity index (χ1v) is 10.7. The van der Waals surface area contributed by atoms with Crippen LogP contribution in [0.25, 0.3) is 0 Å². The van der Waals surface area contributed by atoms with E-state index in [2.05, 4.69) is 13.8 Å². The van der Waals surface area contributed by atoms with Crippen molar-refractivity contribution in [2.75, 3.05) is 0 Å². The Labute approximate surface area is 155 Å². The number of hydrogen-bond donors (Lipinski definition) is 1. The molecule has 146 valence electrons. The lowest BCUT2D eigenvalue weighted by Crippen LogP contribution is -2.56. The summed E-state index contributed by atoms with van der Waals surface area (Å²) in [6.45, 7) is 4.47. The molecule has 0 aromatic carbocycles. The topological polar surface area (TPSA) is 29.5 Å². The lowest BCUT2D eigenvalue weighted by atomic mass is 9.47. The van der Waals surface area contributed by atoms with Crippen LogP contribution in [0.5, 0.6) is 0 Å². The highest BCUT2D eigenvalue weighted by Crippen LogP contribution is 2.67. The zero-order chi connectivity index (χ0) is 18.3. The molecule has 0 amide bonds. The minimum Gasteiger partial charge on any atom is -0.386 e. The Hall–Kier alpha value is -0.480. The van der Waals surface area contributed by atoms with Gasteiger partial charge in [0.1, 0.15) is 6.10 Å². The van der Waals surface area contributed by atoms with Crippen LogP contribution < -0.4 is 0 Å². The molecule has 4 heteroatoms. The van der Waals surface area contributed by atoms with Gasteiger partial charge in [-0.3, -0.25) is 0 Å². The molecule has 1 N–H and O–H groups in total. The first kappa shape index (κ1) is 17.6. The minimum absolute atomic E-state index is 0.222. The standard InChI is InChI=1S/C22H32F2O2/c1-20-12-10-18(25)22(23,24)17(20)7-5-14-15-6-8-19(26-13-3-4-13)21(15,2)11-9-16(14)20/h7,13-16,18-19,25H,3-6,8-12H2,1-2H3/t14-,15-,16-,18-,19-,20+,21-/m0/s1. The second-order valence-electron chi connectivity index (χ2n) is 10.3. The van der Waals surface area contributed by atoms with E-state index < -0.39 is 17.4 Å². The number of fused-ring (bicyclic) bond motifs is 5. The lowest BCUT2D eigenvalue weighted by Gasteiger charge is -2.58. The number of rotatable bonds is 2. The van der Waals surface area contributed by atoms with Gasteiger partial charge in [0.05, 0.1) is 12.2 Å². The molecule has 0 radical (unpaired) electrons. The zero-order valence-corrected chi connectivity index (χ0v) is 16.0. The Bertz CT molecular complexity index is 628. The Balaban J connectivity index is 1.46. The minimum atomic E-state index is -3.05. The number of hydrogen-bond acceptors (Lipinski definition) is 2. The van der Waals surface area contributed by atoms with E-state index in [1.807, 2.05) is 6.08 Å². The van der Waals surface area contributed by atoms with E-state index in [1.54, 1.807) is 0 Å². The third-order valence-corrected chi connectivity index (χ3v) is 8.97. The van der Waals surface area contributed by atoms with Crippen LogP contribution in [0.4, 0.5) is 8.78 Å². The molecule has 0 aromatic rings. The number of ether oxygens (including phenoxy) is 1. The molecule has 0 unspecified atom stereocenters. The number of aliphatic hydroxyl groups excluding tert-OH is 1. The van der Waals surface area contributed by atoms with E-state index in [1.165, 1.54) is 19.3 Å². The quantitative estimate of drug-likeness (QED) is 0.689. The fraction of sp³-hybridized carbons (Fsp3) is 0.909. The van der Waals surface area contributed by atoms with Crippen molar-refractivity contribution >= 4 is 0 Å². The molecule has 0 heterocycles. The van der Waals surface area contributed by atoms with Gasteiger partial charge in [-0.05, 0) is 86.4 Å². The summed E-state index contributed by atoms with van der Waals surface area (Å²) in [5.41, 5.74) is 0.0299. The van der Waals surface area contributed by atoms with Crippen molar-refractivity contribution in [3.8, 4) is 0 Å². The molecule has 0 bridgehead atoms. The summed E-state index contributed by atoms with van der Waals surface area (Å²) in [6, 6.07) is 0. The van der Waals surface area contributed by atoms with E-state index in [0.717, 1.165) is 25.7 Å². The summed E-state index contributed by atoms with van der Waals surface area (Å²) in [5, 5.41) is 9.89. The molecule has 26 heavy (non-hydrogen) atoms. The van der Waals surface area contributed by atoms with Crippen molar-refractivity contribution in [1.29, 1.82) is 0 Å². The largest absolute Gasteiger partial charge is 0.386 e.